The Bertz CT molecular complexity index is 990. The number of nitrogens with one attached hydrogen (secondary N) is 2. The monoisotopic (exact) mass is 378 g/mol. The largest absolute Gasteiger partial charge is 0.453 e. The minimum Gasteiger partial charge on any atom is -0.453 e. The summed E-state index contributed by atoms with van der Waals surface area (Å²) in [5, 5.41) is 4.00. The maximum Gasteiger partial charge on any atom is 0.306 e. The van der Waals surface area contributed by atoms with Gasteiger partial charge in [0.2, 0.25) is 0 Å². The Labute approximate surface area is 165 Å². The molecule has 1 atom stereocenters. The van der Waals surface area contributed by atoms with E-state index in [1.54, 1.807) is 6.92 Å². The highest BCUT2D eigenvalue weighted by Gasteiger charge is 2.18. The third-order valence-electron chi connectivity index (χ3n) is 4.82. The van der Waals surface area contributed by atoms with Crippen LogP contribution in [0.15, 0.2) is 48.7 Å². The van der Waals surface area contributed by atoms with Gasteiger partial charge in [-0.1, -0.05) is 35.9 Å². The number of aryl methyl sites for hydroxylation is 3. The summed E-state index contributed by atoms with van der Waals surface area (Å²) in [5.41, 5.74) is 5.12. The molecule has 2 aromatic carbocycles. The lowest BCUT2D eigenvalue weighted by Gasteiger charge is -2.15. The first kappa shape index (κ1) is 19.7. The van der Waals surface area contributed by atoms with Gasteiger partial charge in [0.15, 0.2) is 6.10 Å². The first-order valence-corrected chi connectivity index (χ1v) is 9.56. The number of carbonyl (C=O) groups excluding carboxylic acids is 2. The Morgan fingerprint density at radius 2 is 1.93 bits per heavy atom. The number of esters is 1. The molecule has 1 heterocycles. The molecule has 0 fully saturated rings. The standard InChI is InChI=1S/C23H26N2O3/c1-15-11-12-20(16(2)13-15)25-23(27)17(3)28-22(26)10-6-7-18-14-24-21-9-5-4-8-19(18)21/h4-5,8-9,11-14,17,24H,6-7,10H2,1-3H3,(H,25,27). The van der Waals surface area contributed by atoms with Crippen molar-refractivity contribution in [3.8, 4) is 0 Å². The molecular formula is C23H26N2O3. The van der Waals surface area contributed by atoms with Gasteiger partial charge in [0.25, 0.3) is 5.91 Å². The average molecular weight is 378 g/mol. The molecule has 5 heteroatoms. The van der Waals surface area contributed by atoms with Gasteiger partial charge in [0.1, 0.15) is 0 Å². The molecule has 0 spiro atoms. The van der Waals surface area contributed by atoms with E-state index in [1.165, 1.54) is 10.9 Å². The van der Waals surface area contributed by atoms with Crippen LogP contribution in [0.1, 0.15) is 36.5 Å². The van der Waals surface area contributed by atoms with Crippen LogP contribution in [-0.2, 0) is 20.7 Å². The fourth-order valence-electron chi connectivity index (χ4n) is 3.26. The molecule has 0 saturated carbocycles. The minimum atomic E-state index is -0.832. The maximum atomic E-state index is 12.3. The molecule has 0 radical (unpaired) electrons. The Morgan fingerprint density at radius 1 is 1.14 bits per heavy atom. The van der Waals surface area contributed by atoms with Gasteiger partial charge in [0.05, 0.1) is 0 Å². The predicted octanol–water partition coefficient (Wildman–Crippen LogP) is 4.68. The molecule has 1 amide bonds. The van der Waals surface area contributed by atoms with Crippen molar-refractivity contribution >= 4 is 28.5 Å². The summed E-state index contributed by atoms with van der Waals surface area (Å²) in [7, 11) is 0. The van der Waals surface area contributed by atoms with Crippen LogP contribution in [0.3, 0.4) is 0 Å². The van der Waals surface area contributed by atoms with Crippen molar-refractivity contribution in [2.24, 2.45) is 0 Å². The van der Waals surface area contributed by atoms with E-state index in [9.17, 15) is 9.59 Å². The van der Waals surface area contributed by atoms with Crippen LogP contribution >= 0.6 is 0 Å². The number of ether oxygens (including phenoxy) is 1. The van der Waals surface area contributed by atoms with Crippen LogP contribution in [0.2, 0.25) is 0 Å². The number of anilines is 1. The number of H-pyrrole nitrogens is 1. The Hall–Kier alpha value is -3.08. The summed E-state index contributed by atoms with van der Waals surface area (Å²) < 4.78 is 5.30. The smallest absolute Gasteiger partial charge is 0.306 e. The van der Waals surface area contributed by atoms with E-state index in [0.717, 1.165) is 28.8 Å². The highest BCUT2D eigenvalue weighted by Crippen LogP contribution is 2.20. The number of hydrogen-bond donors (Lipinski definition) is 2. The normalized spacial score (nSPS) is 12.0. The zero-order valence-corrected chi connectivity index (χ0v) is 16.5. The number of fused-ring (bicyclic) bond motifs is 1. The number of benzene rings is 2. The van der Waals surface area contributed by atoms with Gasteiger partial charge < -0.3 is 15.0 Å². The van der Waals surface area contributed by atoms with Gasteiger partial charge in [-0.3, -0.25) is 9.59 Å². The highest BCUT2D eigenvalue weighted by molar-refractivity contribution is 5.95. The van der Waals surface area contributed by atoms with Crippen LogP contribution in [0.25, 0.3) is 10.9 Å². The Morgan fingerprint density at radius 3 is 2.71 bits per heavy atom. The second-order valence-electron chi connectivity index (χ2n) is 7.15. The van der Waals surface area contributed by atoms with Crippen molar-refractivity contribution in [1.82, 2.24) is 4.98 Å². The SMILES string of the molecule is Cc1ccc(NC(=O)C(C)OC(=O)CCCc2c[nH]c3ccccc23)c(C)c1. The van der Waals surface area contributed by atoms with Crippen LogP contribution in [0, 0.1) is 13.8 Å². The molecule has 1 aromatic heterocycles. The van der Waals surface area contributed by atoms with E-state index in [-0.39, 0.29) is 18.3 Å². The van der Waals surface area contributed by atoms with E-state index >= 15 is 0 Å². The summed E-state index contributed by atoms with van der Waals surface area (Å²) in [5.74, 6) is -0.681. The predicted molar refractivity (Wildman–Crippen MR) is 111 cm³/mol. The molecule has 3 aromatic rings. The van der Waals surface area contributed by atoms with Gasteiger partial charge >= 0.3 is 5.97 Å². The summed E-state index contributed by atoms with van der Waals surface area (Å²) in [4.78, 5) is 27.6. The highest BCUT2D eigenvalue weighted by atomic mass is 16.5. The number of hydrogen-bond acceptors (Lipinski definition) is 3. The molecule has 0 aliphatic rings. The topological polar surface area (TPSA) is 71.2 Å². The summed E-state index contributed by atoms with van der Waals surface area (Å²) in [6.45, 7) is 5.53. The summed E-state index contributed by atoms with van der Waals surface area (Å²) >= 11 is 0. The molecule has 0 bridgehead atoms. The molecule has 5 nitrogen and oxygen atoms in total. The van der Waals surface area contributed by atoms with E-state index in [0.29, 0.717) is 6.42 Å². The zero-order chi connectivity index (χ0) is 20.1. The number of aromatic nitrogens is 1. The summed E-state index contributed by atoms with van der Waals surface area (Å²) in [6, 6.07) is 13.9. The van der Waals surface area contributed by atoms with Crippen molar-refractivity contribution in [3.05, 3.63) is 65.4 Å². The van der Waals surface area contributed by atoms with Crippen molar-refractivity contribution in [3.63, 3.8) is 0 Å². The molecule has 146 valence electrons. The van der Waals surface area contributed by atoms with Crippen molar-refractivity contribution in [2.75, 3.05) is 5.32 Å². The van der Waals surface area contributed by atoms with Crippen molar-refractivity contribution in [1.29, 1.82) is 0 Å². The van der Waals surface area contributed by atoms with E-state index in [1.807, 2.05) is 56.4 Å². The van der Waals surface area contributed by atoms with E-state index in [4.69, 9.17) is 4.74 Å². The van der Waals surface area contributed by atoms with Gasteiger partial charge in [-0.2, -0.15) is 0 Å². The number of carbonyl (C=O) groups is 2. The molecule has 0 aliphatic carbocycles. The van der Waals surface area contributed by atoms with Crippen LogP contribution in [0.5, 0.6) is 0 Å². The third kappa shape index (κ3) is 4.80. The molecule has 2 N–H and O–H groups in total. The fourth-order valence-corrected chi connectivity index (χ4v) is 3.26. The quantitative estimate of drug-likeness (QED) is 0.587. The number of aromatic amines is 1. The second-order valence-corrected chi connectivity index (χ2v) is 7.15. The molecule has 1 unspecified atom stereocenters. The lowest BCUT2D eigenvalue weighted by atomic mass is 10.1. The molecular weight excluding hydrogens is 352 g/mol. The molecule has 0 aliphatic heterocycles. The Balaban J connectivity index is 1.46. The van der Waals surface area contributed by atoms with Gasteiger partial charge in [-0.15, -0.1) is 0 Å². The van der Waals surface area contributed by atoms with Gasteiger partial charge in [0, 0.05) is 29.2 Å². The average Bonchev–Trinajstić information content (AvgIpc) is 3.07. The molecule has 0 saturated heterocycles. The van der Waals surface area contributed by atoms with Crippen molar-refractivity contribution < 1.29 is 14.3 Å². The maximum absolute atomic E-state index is 12.3. The van der Waals surface area contributed by atoms with Crippen LogP contribution in [-0.4, -0.2) is 23.0 Å². The molecule has 28 heavy (non-hydrogen) atoms. The number of para-hydroxylation sites is 1. The van der Waals surface area contributed by atoms with Crippen LogP contribution in [0.4, 0.5) is 5.69 Å². The van der Waals surface area contributed by atoms with Gasteiger partial charge in [-0.05, 0) is 56.9 Å². The number of rotatable bonds is 7. The molecule has 3 rings (SSSR count). The third-order valence-corrected chi connectivity index (χ3v) is 4.82. The van der Waals surface area contributed by atoms with E-state index < -0.39 is 6.10 Å². The number of amides is 1. The van der Waals surface area contributed by atoms with Crippen LogP contribution < -0.4 is 5.32 Å². The minimum absolute atomic E-state index is 0.278. The summed E-state index contributed by atoms with van der Waals surface area (Å²) in [6.07, 6.45) is 2.88. The first-order chi connectivity index (χ1) is 13.4. The second kappa shape index (κ2) is 8.74. The zero-order valence-electron chi connectivity index (χ0n) is 16.5. The Kier molecular flexibility index (Phi) is 6.14. The van der Waals surface area contributed by atoms with Crippen molar-refractivity contribution in [2.45, 2.75) is 46.1 Å². The first-order valence-electron chi connectivity index (χ1n) is 9.56. The van der Waals surface area contributed by atoms with E-state index in [2.05, 4.69) is 16.4 Å². The van der Waals surface area contributed by atoms with Gasteiger partial charge in [-0.25, -0.2) is 0 Å². The lowest BCUT2D eigenvalue weighted by molar-refractivity contribution is -0.153. The lowest BCUT2D eigenvalue weighted by Crippen LogP contribution is -2.30. The fraction of sp³-hybridized carbons (Fsp3) is 0.304.